The molecule has 1 aromatic rings. The number of carbonyl (C=O) groups is 2. The number of ketones is 1. The molecule has 0 bridgehead atoms. The summed E-state index contributed by atoms with van der Waals surface area (Å²) in [6.07, 6.45) is 0. The van der Waals surface area contributed by atoms with Crippen molar-refractivity contribution in [1.82, 2.24) is 10.2 Å². The van der Waals surface area contributed by atoms with Crippen molar-refractivity contribution in [2.45, 2.75) is 6.92 Å². The third-order valence-electron chi connectivity index (χ3n) is 4.09. The van der Waals surface area contributed by atoms with Crippen LogP contribution in [0.2, 0.25) is 0 Å². The monoisotopic (exact) mass is 337 g/mol. The highest BCUT2D eigenvalue weighted by Crippen LogP contribution is 2.22. The maximum absolute atomic E-state index is 14.2. The largest absolute Gasteiger partial charge is 0.383 e. The van der Waals surface area contributed by atoms with Crippen LogP contribution in [0.5, 0.6) is 0 Å². The minimum Gasteiger partial charge on any atom is -0.383 e. The van der Waals surface area contributed by atoms with Crippen molar-refractivity contribution in [1.29, 1.82) is 0 Å². The highest BCUT2D eigenvalue weighted by Gasteiger charge is 2.22. The molecule has 7 heteroatoms. The Labute approximate surface area is 141 Å². The van der Waals surface area contributed by atoms with E-state index in [0.29, 0.717) is 50.6 Å². The zero-order chi connectivity index (χ0) is 17.5. The Morgan fingerprint density at radius 3 is 2.54 bits per heavy atom. The van der Waals surface area contributed by atoms with Crippen LogP contribution in [0.1, 0.15) is 17.3 Å². The first-order valence-corrected chi connectivity index (χ1v) is 8.05. The summed E-state index contributed by atoms with van der Waals surface area (Å²) in [4.78, 5) is 27.1. The van der Waals surface area contributed by atoms with Crippen LogP contribution in [0.4, 0.5) is 10.1 Å². The Hall–Kier alpha value is -1.99. The van der Waals surface area contributed by atoms with Gasteiger partial charge in [0, 0.05) is 45.4 Å². The van der Waals surface area contributed by atoms with E-state index in [1.54, 1.807) is 24.1 Å². The average Bonchev–Trinajstić information content (AvgIpc) is 2.58. The number of anilines is 1. The smallest absolute Gasteiger partial charge is 0.236 e. The maximum Gasteiger partial charge on any atom is 0.236 e. The molecule has 0 aliphatic carbocycles. The van der Waals surface area contributed by atoms with Gasteiger partial charge >= 0.3 is 0 Å². The minimum atomic E-state index is -0.399. The highest BCUT2D eigenvalue weighted by atomic mass is 19.1. The minimum absolute atomic E-state index is 0.0400. The summed E-state index contributed by atoms with van der Waals surface area (Å²) in [7, 11) is 1.62. The van der Waals surface area contributed by atoms with Crippen molar-refractivity contribution in [3.05, 3.63) is 29.6 Å². The summed E-state index contributed by atoms with van der Waals surface area (Å²) in [6, 6.07) is 4.54. The number of rotatable bonds is 7. The van der Waals surface area contributed by atoms with Crippen LogP contribution in [-0.2, 0) is 9.53 Å². The van der Waals surface area contributed by atoms with E-state index in [4.69, 9.17) is 4.74 Å². The number of Topliss-reactive ketones (excluding diaryl/α,β-unsaturated/α-hetero) is 1. The first-order valence-electron chi connectivity index (χ1n) is 8.05. The molecule has 1 aliphatic rings. The summed E-state index contributed by atoms with van der Waals surface area (Å²) in [6.45, 7) is 5.15. The van der Waals surface area contributed by atoms with Crippen LogP contribution >= 0.6 is 0 Å². The van der Waals surface area contributed by atoms with Crippen molar-refractivity contribution < 1.29 is 18.7 Å². The first-order chi connectivity index (χ1) is 11.5. The molecule has 24 heavy (non-hydrogen) atoms. The molecule has 0 unspecified atom stereocenters. The summed E-state index contributed by atoms with van der Waals surface area (Å²) < 4.78 is 19.1. The Bertz CT molecular complexity index is 586. The number of methoxy groups -OCH3 is 1. The number of amides is 1. The SMILES string of the molecule is COCCNCC(=O)N1CCN(c2ccc(C(C)=O)cc2F)CC1. The number of nitrogens with zero attached hydrogens (tertiary/aromatic N) is 2. The number of ether oxygens (including phenoxy) is 1. The summed E-state index contributed by atoms with van der Waals surface area (Å²) in [5, 5.41) is 3.03. The van der Waals surface area contributed by atoms with Gasteiger partial charge in [-0.05, 0) is 25.1 Å². The van der Waals surface area contributed by atoms with Gasteiger partial charge in [-0.25, -0.2) is 4.39 Å². The van der Waals surface area contributed by atoms with Gasteiger partial charge in [0.15, 0.2) is 5.78 Å². The lowest BCUT2D eigenvalue weighted by Crippen LogP contribution is -2.51. The molecule has 0 aromatic heterocycles. The van der Waals surface area contributed by atoms with Crippen LogP contribution in [-0.4, -0.2) is 69.6 Å². The lowest BCUT2D eigenvalue weighted by Gasteiger charge is -2.36. The van der Waals surface area contributed by atoms with E-state index in [0.717, 1.165) is 0 Å². The predicted molar refractivity (Wildman–Crippen MR) is 89.9 cm³/mol. The molecule has 1 saturated heterocycles. The number of piperazine rings is 1. The summed E-state index contributed by atoms with van der Waals surface area (Å²) >= 11 is 0. The molecule has 1 aliphatic heterocycles. The zero-order valence-corrected chi connectivity index (χ0v) is 14.2. The summed E-state index contributed by atoms with van der Waals surface area (Å²) in [5.41, 5.74) is 0.845. The molecule has 1 heterocycles. The van der Waals surface area contributed by atoms with Gasteiger partial charge in [-0.3, -0.25) is 9.59 Å². The van der Waals surface area contributed by atoms with Gasteiger partial charge in [0.2, 0.25) is 5.91 Å². The fourth-order valence-electron chi connectivity index (χ4n) is 2.66. The standard InChI is InChI=1S/C17H24FN3O3/c1-13(22)14-3-4-16(15(18)11-14)20-6-8-21(9-7-20)17(23)12-19-5-10-24-2/h3-4,11,19H,5-10,12H2,1-2H3. The van der Waals surface area contributed by atoms with E-state index in [9.17, 15) is 14.0 Å². The second-order valence-corrected chi connectivity index (χ2v) is 5.76. The van der Waals surface area contributed by atoms with E-state index in [-0.39, 0.29) is 18.2 Å². The molecule has 1 amide bonds. The molecule has 132 valence electrons. The Balaban J connectivity index is 1.86. The molecule has 0 radical (unpaired) electrons. The van der Waals surface area contributed by atoms with Gasteiger partial charge < -0.3 is 19.9 Å². The van der Waals surface area contributed by atoms with Crippen molar-refractivity contribution in [2.75, 3.05) is 57.9 Å². The van der Waals surface area contributed by atoms with Crippen LogP contribution < -0.4 is 10.2 Å². The molecule has 6 nitrogen and oxygen atoms in total. The first kappa shape index (κ1) is 18.4. The Morgan fingerprint density at radius 2 is 1.96 bits per heavy atom. The highest BCUT2D eigenvalue weighted by molar-refractivity contribution is 5.94. The number of hydrogen-bond acceptors (Lipinski definition) is 5. The molecule has 2 rings (SSSR count). The van der Waals surface area contributed by atoms with Gasteiger partial charge in [-0.2, -0.15) is 0 Å². The van der Waals surface area contributed by atoms with Gasteiger partial charge in [-0.1, -0.05) is 0 Å². The van der Waals surface area contributed by atoms with Crippen molar-refractivity contribution in [2.24, 2.45) is 0 Å². The lowest BCUT2D eigenvalue weighted by atomic mass is 10.1. The second-order valence-electron chi connectivity index (χ2n) is 5.76. The average molecular weight is 337 g/mol. The molecule has 1 fully saturated rings. The number of nitrogens with one attached hydrogen (secondary N) is 1. The quantitative estimate of drug-likeness (QED) is 0.592. The number of hydrogen-bond donors (Lipinski definition) is 1. The number of halogens is 1. The van der Waals surface area contributed by atoms with E-state index in [2.05, 4.69) is 5.32 Å². The van der Waals surface area contributed by atoms with Crippen LogP contribution in [0.25, 0.3) is 0 Å². The second kappa shape index (κ2) is 8.75. The fourth-order valence-corrected chi connectivity index (χ4v) is 2.66. The Kier molecular flexibility index (Phi) is 6.69. The van der Waals surface area contributed by atoms with Crippen molar-refractivity contribution >= 4 is 17.4 Å². The fraction of sp³-hybridized carbons (Fsp3) is 0.529. The molecule has 0 atom stereocenters. The van der Waals surface area contributed by atoms with Gasteiger partial charge in [0.1, 0.15) is 5.82 Å². The van der Waals surface area contributed by atoms with Crippen molar-refractivity contribution in [3.8, 4) is 0 Å². The van der Waals surface area contributed by atoms with E-state index < -0.39 is 5.82 Å². The normalized spacial score (nSPS) is 14.8. The van der Waals surface area contributed by atoms with Gasteiger partial charge in [0.25, 0.3) is 0 Å². The topological polar surface area (TPSA) is 61.9 Å². The molecule has 0 saturated carbocycles. The molecular formula is C17H24FN3O3. The predicted octanol–water partition coefficient (Wildman–Crippen LogP) is 0.913. The van der Waals surface area contributed by atoms with E-state index in [1.165, 1.54) is 13.0 Å². The molecule has 1 aromatic carbocycles. The number of benzene rings is 1. The van der Waals surface area contributed by atoms with E-state index >= 15 is 0 Å². The van der Waals surface area contributed by atoms with Crippen molar-refractivity contribution in [3.63, 3.8) is 0 Å². The zero-order valence-electron chi connectivity index (χ0n) is 14.2. The maximum atomic E-state index is 14.2. The third kappa shape index (κ3) is 4.75. The van der Waals surface area contributed by atoms with Gasteiger partial charge in [0.05, 0.1) is 18.8 Å². The molecule has 1 N–H and O–H groups in total. The summed E-state index contributed by atoms with van der Waals surface area (Å²) in [5.74, 6) is -0.515. The van der Waals surface area contributed by atoms with Crippen LogP contribution in [0.15, 0.2) is 18.2 Å². The molecule has 0 spiro atoms. The lowest BCUT2D eigenvalue weighted by molar-refractivity contribution is -0.130. The Morgan fingerprint density at radius 1 is 1.25 bits per heavy atom. The molecular weight excluding hydrogens is 313 g/mol. The van der Waals surface area contributed by atoms with Crippen LogP contribution in [0, 0.1) is 5.82 Å². The van der Waals surface area contributed by atoms with Crippen LogP contribution in [0.3, 0.4) is 0 Å². The van der Waals surface area contributed by atoms with Gasteiger partial charge in [-0.15, -0.1) is 0 Å². The number of carbonyl (C=O) groups excluding carboxylic acids is 2. The third-order valence-corrected chi connectivity index (χ3v) is 4.09. The van der Waals surface area contributed by atoms with E-state index in [1.807, 2.05) is 4.90 Å².